The van der Waals surface area contributed by atoms with Crippen LogP contribution in [0.15, 0.2) is 47.5 Å². The quantitative estimate of drug-likeness (QED) is 0.456. The van der Waals surface area contributed by atoms with Crippen LogP contribution in [0, 0.1) is 6.92 Å². The van der Waals surface area contributed by atoms with Gasteiger partial charge in [-0.2, -0.15) is 0 Å². The van der Waals surface area contributed by atoms with Gasteiger partial charge in [0, 0.05) is 16.8 Å². The van der Waals surface area contributed by atoms with Crippen LogP contribution in [-0.2, 0) is 12.8 Å². The minimum Gasteiger partial charge on any atom is -0.495 e. The van der Waals surface area contributed by atoms with Gasteiger partial charge in [-0.3, -0.25) is 4.79 Å². The van der Waals surface area contributed by atoms with Gasteiger partial charge in [-0.15, -0.1) is 11.3 Å². The Morgan fingerprint density at radius 1 is 1.17 bits per heavy atom. The fourth-order valence-electron chi connectivity index (χ4n) is 3.60. The van der Waals surface area contributed by atoms with Crippen molar-refractivity contribution in [2.24, 2.45) is 4.99 Å². The number of halogens is 1. The summed E-state index contributed by atoms with van der Waals surface area (Å²) in [5, 5.41) is 4.32. The molecule has 0 unspecified atom stereocenters. The zero-order chi connectivity index (χ0) is 21.1. The van der Waals surface area contributed by atoms with Crippen molar-refractivity contribution in [2.75, 3.05) is 12.4 Å². The van der Waals surface area contributed by atoms with Crippen molar-refractivity contribution in [3.05, 3.63) is 74.6 Å². The highest BCUT2D eigenvalue weighted by molar-refractivity contribution is 7.16. The van der Waals surface area contributed by atoms with Crippen LogP contribution in [0.5, 0.6) is 5.75 Å². The molecule has 4 nitrogen and oxygen atoms in total. The number of methoxy groups -OCH3 is 1. The third-order valence-corrected chi connectivity index (χ3v) is 6.69. The summed E-state index contributed by atoms with van der Waals surface area (Å²) in [6, 6.07) is 13.4. The SMILES string of the molecule is COc1ccc(C=Nc2sc3c(c2C(=O)Nc2ccc(C)cc2)CCCC3)cc1Cl. The summed E-state index contributed by atoms with van der Waals surface area (Å²) in [7, 11) is 1.59. The maximum atomic E-state index is 13.2. The molecule has 30 heavy (non-hydrogen) atoms. The number of hydrogen-bond donors (Lipinski definition) is 1. The number of thiophene rings is 1. The Morgan fingerprint density at radius 2 is 1.93 bits per heavy atom. The van der Waals surface area contributed by atoms with Gasteiger partial charge >= 0.3 is 0 Å². The molecule has 0 saturated carbocycles. The van der Waals surface area contributed by atoms with Crippen LogP contribution in [0.3, 0.4) is 0 Å². The van der Waals surface area contributed by atoms with Crippen LogP contribution in [0.1, 0.15) is 44.8 Å². The van der Waals surface area contributed by atoms with Crippen LogP contribution >= 0.6 is 22.9 Å². The first kappa shape index (κ1) is 20.6. The molecule has 6 heteroatoms. The molecule has 0 bridgehead atoms. The smallest absolute Gasteiger partial charge is 0.259 e. The number of carbonyl (C=O) groups is 1. The minimum atomic E-state index is -0.0989. The molecular formula is C24H23ClN2O2S. The molecule has 1 aliphatic carbocycles. The maximum absolute atomic E-state index is 13.2. The number of rotatable bonds is 5. The third kappa shape index (κ3) is 4.42. The Morgan fingerprint density at radius 3 is 2.67 bits per heavy atom. The van der Waals surface area contributed by atoms with E-state index >= 15 is 0 Å². The van der Waals surface area contributed by atoms with E-state index < -0.39 is 0 Å². The van der Waals surface area contributed by atoms with Crippen LogP contribution in [0.25, 0.3) is 0 Å². The summed E-state index contributed by atoms with van der Waals surface area (Å²) in [6.07, 6.45) is 5.95. The number of fused-ring (bicyclic) bond motifs is 1. The Balaban J connectivity index is 1.66. The lowest BCUT2D eigenvalue weighted by molar-refractivity contribution is 0.102. The fraction of sp³-hybridized carbons (Fsp3) is 0.250. The van der Waals surface area contributed by atoms with Crippen LogP contribution < -0.4 is 10.1 Å². The molecule has 2 aromatic carbocycles. The van der Waals surface area contributed by atoms with E-state index in [0.29, 0.717) is 16.3 Å². The second-order valence-electron chi connectivity index (χ2n) is 7.36. The summed E-state index contributed by atoms with van der Waals surface area (Å²) >= 11 is 7.85. The van der Waals surface area contributed by atoms with E-state index in [4.69, 9.17) is 16.3 Å². The minimum absolute atomic E-state index is 0.0989. The van der Waals surface area contributed by atoms with Gasteiger partial charge in [0.1, 0.15) is 10.8 Å². The van der Waals surface area contributed by atoms with Gasteiger partial charge in [-0.1, -0.05) is 29.3 Å². The van der Waals surface area contributed by atoms with Crippen LogP contribution in [0.2, 0.25) is 5.02 Å². The predicted octanol–water partition coefficient (Wildman–Crippen LogP) is 6.60. The Hall–Kier alpha value is -2.63. The van der Waals surface area contributed by atoms with Crippen molar-refractivity contribution in [3.8, 4) is 5.75 Å². The molecule has 0 spiro atoms. The molecule has 1 N–H and O–H groups in total. The van der Waals surface area contributed by atoms with Crippen molar-refractivity contribution in [2.45, 2.75) is 32.6 Å². The second-order valence-corrected chi connectivity index (χ2v) is 8.85. The maximum Gasteiger partial charge on any atom is 0.259 e. The highest BCUT2D eigenvalue weighted by atomic mass is 35.5. The third-order valence-electron chi connectivity index (χ3n) is 5.20. The molecule has 0 radical (unpaired) electrons. The molecule has 1 aliphatic rings. The summed E-state index contributed by atoms with van der Waals surface area (Å²) in [5.74, 6) is 0.525. The normalized spacial score (nSPS) is 13.3. The lowest BCUT2D eigenvalue weighted by Crippen LogP contribution is -2.14. The number of hydrogen-bond acceptors (Lipinski definition) is 4. The first-order valence-corrected chi connectivity index (χ1v) is 11.1. The number of aliphatic imine (C=N–C) groups is 1. The van der Waals surface area contributed by atoms with Gasteiger partial charge in [0.05, 0.1) is 17.7 Å². The zero-order valence-corrected chi connectivity index (χ0v) is 18.6. The topological polar surface area (TPSA) is 50.7 Å². The highest BCUT2D eigenvalue weighted by Crippen LogP contribution is 2.40. The van der Waals surface area contributed by atoms with Crippen molar-refractivity contribution in [1.82, 2.24) is 0 Å². The van der Waals surface area contributed by atoms with E-state index in [-0.39, 0.29) is 5.91 Å². The largest absolute Gasteiger partial charge is 0.495 e. The van der Waals surface area contributed by atoms with E-state index in [9.17, 15) is 4.79 Å². The second kappa shape index (κ2) is 9.02. The van der Waals surface area contributed by atoms with Crippen LogP contribution in [0.4, 0.5) is 10.7 Å². The van der Waals surface area contributed by atoms with Gasteiger partial charge in [0.2, 0.25) is 0 Å². The Bertz CT molecular complexity index is 1100. The van der Waals surface area contributed by atoms with Crippen molar-refractivity contribution < 1.29 is 9.53 Å². The van der Waals surface area contributed by atoms with Gasteiger partial charge in [0.25, 0.3) is 5.91 Å². The molecule has 0 fully saturated rings. The van der Waals surface area contributed by atoms with Crippen molar-refractivity contribution in [1.29, 1.82) is 0 Å². The molecule has 4 rings (SSSR count). The Labute approximate surface area is 185 Å². The number of amides is 1. The number of nitrogens with one attached hydrogen (secondary N) is 1. The molecule has 0 saturated heterocycles. The zero-order valence-electron chi connectivity index (χ0n) is 17.0. The average molecular weight is 439 g/mol. The number of benzene rings is 2. The summed E-state index contributed by atoms with van der Waals surface area (Å²) in [6.45, 7) is 2.03. The van der Waals surface area contributed by atoms with Crippen molar-refractivity contribution >= 4 is 45.7 Å². The number of ether oxygens (including phenoxy) is 1. The fourth-order valence-corrected chi connectivity index (χ4v) is 5.10. The van der Waals surface area contributed by atoms with E-state index in [0.717, 1.165) is 53.1 Å². The molecule has 1 aromatic heterocycles. The molecule has 1 amide bonds. The number of anilines is 1. The van der Waals surface area contributed by atoms with E-state index in [1.165, 1.54) is 4.88 Å². The molecule has 0 aliphatic heterocycles. The summed E-state index contributed by atoms with van der Waals surface area (Å²) < 4.78 is 5.21. The van der Waals surface area contributed by atoms with Crippen molar-refractivity contribution in [3.63, 3.8) is 0 Å². The predicted molar refractivity (Wildman–Crippen MR) is 125 cm³/mol. The standard InChI is InChI=1S/C24H23ClN2O2S/c1-15-7-10-17(11-8-15)27-23(28)22-18-5-3-4-6-21(18)30-24(22)26-14-16-9-12-20(29-2)19(25)13-16/h7-14H,3-6H2,1-2H3,(H,27,28). The first-order valence-electron chi connectivity index (χ1n) is 9.95. The summed E-state index contributed by atoms with van der Waals surface area (Å²) in [4.78, 5) is 19.1. The van der Waals surface area contributed by atoms with Gasteiger partial charge < -0.3 is 10.1 Å². The van der Waals surface area contributed by atoms with Gasteiger partial charge in [-0.25, -0.2) is 4.99 Å². The molecule has 154 valence electrons. The van der Waals surface area contributed by atoms with Gasteiger partial charge in [-0.05, 0) is 74.1 Å². The molecule has 1 heterocycles. The van der Waals surface area contributed by atoms with Gasteiger partial charge in [0.15, 0.2) is 0 Å². The summed E-state index contributed by atoms with van der Waals surface area (Å²) in [5.41, 5.74) is 4.65. The molecule has 3 aromatic rings. The number of aryl methyl sites for hydroxylation is 2. The highest BCUT2D eigenvalue weighted by Gasteiger charge is 2.25. The number of nitrogens with zero attached hydrogens (tertiary/aromatic N) is 1. The van der Waals surface area contributed by atoms with Crippen LogP contribution in [-0.4, -0.2) is 19.2 Å². The monoisotopic (exact) mass is 438 g/mol. The lowest BCUT2D eigenvalue weighted by Gasteiger charge is -2.13. The van der Waals surface area contributed by atoms with E-state index in [1.54, 1.807) is 24.7 Å². The lowest BCUT2D eigenvalue weighted by atomic mass is 9.95. The first-order chi connectivity index (χ1) is 14.5. The van der Waals surface area contributed by atoms with E-state index in [2.05, 4.69) is 10.3 Å². The molecule has 0 atom stereocenters. The van der Waals surface area contributed by atoms with E-state index in [1.807, 2.05) is 49.4 Å². The average Bonchev–Trinajstić information content (AvgIpc) is 3.12. The Kier molecular flexibility index (Phi) is 6.21. The number of carbonyl (C=O) groups excluding carboxylic acids is 1. The molecular weight excluding hydrogens is 416 g/mol.